The van der Waals surface area contributed by atoms with Crippen molar-refractivity contribution >= 4 is 29.8 Å². The summed E-state index contributed by atoms with van der Waals surface area (Å²) in [5, 5.41) is 0. The van der Waals surface area contributed by atoms with Crippen molar-refractivity contribution in [2.45, 2.75) is 107 Å². The summed E-state index contributed by atoms with van der Waals surface area (Å²) in [7, 11) is 3.76. The number of hydrogen-bond acceptors (Lipinski definition) is 8. The molecule has 8 rings (SSSR count). The number of amides is 4. The first-order chi connectivity index (χ1) is 25.9. The maximum atomic E-state index is 12.9. The average molecular weight is 742 g/mol. The predicted molar refractivity (Wildman–Crippen MR) is 201 cm³/mol. The van der Waals surface area contributed by atoms with Gasteiger partial charge in [-0.3, -0.25) is 14.4 Å². The SMILES string of the molecule is CN1C(=O)CCC12CC(=O)C1(CCN(C(=O)OCc3ccccc3)CC1)C2.CN1C(=O)CCC12CC(N)C1(CCN(C(=O)OCc3ccccc3)CC1)C2. The fourth-order valence-corrected chi connectivity index (χ4v) is 10.4. The number of benzene rings is 2. The van der Waals surface area contributed by atoms with E-state index < -0.39 is 0 Å². The molecule has 3 atom stereocenters. The maximum Gasteiger partial charge on any atom is 0.410 e. The number of nitrogens with two attached hydrogens (primary N) is 1. The molecule has 4 amide bonds. The van der Waals surface area contributed by atoms with Crippen LogP contribution in [0, 0.1) is 10.8 Å². The van der Waals surface area contributed by atoms with Gasteiger partial charge in [0.25, 0.3) is 0 Å². The molecule has 0 bridgehead atoms. The molecular weight excluding hydrogens is 686 g/mol. The first-order valence-electron chi connectivity index (χ1n) is 19.6. The largest absolute Gasteiger partial charge is 0.445 e. The van der Waals surface area contributed by atoms with E-state index in [9.17, 15) is 24.0 Å². The van der Waals surface area contributed by atoms with Gasteiger partial charge in [0.2, 0.25) is 11.8 Å². The number of rotatable bonds is 4. The third kappa shape index (κ3) is 7.21. The van der Waals surface area contributed by atoms with Crippen LogP contribution in [0.1, 0.15) is 88.2 Å². The van der Waals surface area contributed by atoms with Gasteiger partial charge in [-0.05, 0) is 74.3 Å². The molecule has 2 aromatic rings. The first kappa shape index (κ1) is 37.8. The lowest BCUT2D eigenvalue weighted by atomic mass is 9.73. The average Bonchev–Trinajstić information content (AvgIpc) is 3.83. The van der Waals surface area contributed by atoms with Crippen LogP contribution >= 0.6 is 0 Å². The second-order valence-electron chi connectivity index (χ2n) is 16.8. The Labute approximate surface area is 318 Å². The van der Waals surface area contributed by atoms with Crippen LogP contribution in [-0.4, -0.2) is 107 Å². The molecule has 4 heterocycles. The Hall–Kier alpha value is -4.45. The number of piperidine rings is 2. The number of likely N-dealkylation sites (tertiary alicyclic amines) is 4. The summed E-state index contributed by atoms with van der Waals surface area (Å²) in [4.78, 5) is 69.0. The zero-order valence-corrected chi connectivity index (χ0v) is 31.8. The molecule has 6 fully saturated rings. The number of carbonyl (C=O) groups excluding carboxylic acids is 5. The molecule has 4 aliphatic heterocycles. The van der Waals surface area contributed by atoms with Gasteiger partial charge in [0.15, 0.2) is 0 Å². The van der Waals surface area contributed by atoms with Crippen LogP contribution < -0.4 is 5.73 Å². The maximum absolute atomic E-state index is 12.9. The van der Waals surface area contributed by atoms with Gasteiger partial charge in [0.1, 0.15) is 19.0 Å². The molecule has 2 saturated carbocycles. The van der Waals surface area contributed by atoms with E-state index in [0.29, 0.717) is 64.9 Å². The van der Waals surface area contributed by atoms with Crippen molar-refractivity contribution < 1.29 is 33.4 Å². The summed E-state index contributed by atoms with van der Waals surface area (Å²) >= 11 is 0. The predicted octanol–water partition coefficient (Wildman–Crippen LogP) is 5.28. The summed E-state index contributed by atoms with van der Waals surface area (Å²) in [5.41, 5.74) is 7.85. The lowest BCUT2D eigenvalue weighted by Gasteiger charge is -2.42. The molecule has 3 unspecified atom stereocenters. The molecule has 54 heavy (non-hydrogen) atoms. The molecule has 4 saturated heterocycles. The number of Topliss-reactive ketones (excluding diaryl/α,β-unsaturated/α-hetero) is 1. The minimum atomic E-state index is -0.380. The lowest BCUT2D eigenvalue weighted by molar-refractivity contribution is -0.130. The highest BCUT2D eigenvalue weighted by Crippen LogP contribution is 2.56. The Bertz CT molecular complexity index is 1720. The molecule has 12 heteroatoms. The van der Waals surface area contributed by atoms with Crippen molar-refractivity contribution in [2.24, 2.45) is 16.6 Å². The van der Waals surface area contributed by atoms with Crippen molar-refractivity contribution in [1.29, 1.82) is 0 Å². The highest BCUT2D eigenvalue weighted by molar-refractivity contribution is 5.91. The van der Waals surface area contributed by atoms with Crippen LogP contribution in [0.5, 0.6) is 0 Å². The highest BCUT2D eigenvalue weighted by Gasteiger charge is 2.60. The molecule has 12 nitrogen and oxygen atoms in total. The summed E-state index contributed by atoms with van der Waals surface area (Å²) < 4.78 is 10.9. The van der Waals surface area contributed by atoms with Gasteiger partial charge >= 0.3 is 12.2 Å². The summed E-state index contributed by atoms with van der Waals surface area (Å²) in [6, 6.07) is 19.4. The van der Waals surface area contributed by atoms with E-state index in [4.69, 9.17) is 15.2 Å². The van der Waals surface area contributed by atoms with Crippen LogP contribution in [-0.2, 0) is 37.1 Å². The Balaban J connectivity index is 0.000000167. The Morgan fingerprint density at radius 1 is 0.667 bits per heavy atom. The molecule has 2 N–H and O–H groups in total. The number of ether oxygens (including phenoxy) is 2. The van der Waals surface area contributed by atoms with E-state index >= 15 is 0 Å². The van der Waals surface area contributed by atoms with Crippen molar-refractivity contribution in [1.82, 2.24) is 19.6 Å². The molecule has 6 aliphatic rings. The van der Waals surface area contributed by atoms with Gasteiger partial charge in [-0.25, -0.2) is 9.59 Å². The van der Waals surface area contributed by atoms with Gasteiger partial charge in [0, 0.05) is 76.5 Å². The van der Waals surface area contributed by atoms with Crippen LogP contribution in [0.2, 0.25) is 0 Å². The monoisotopic (exact) mass is 741 g/mol. The Kier molecular flexibility index (Phi) is 10.5. The topological polar surface area (TPSA) is 143 Å². The normalized spacial score (nSPS) is 28.4. The second-order valence-corrected chi connectivity index (χ2v) is 16.8. The van der Waals surface area contributed by atoms with Gasteiger partial charge < -0.3 is 34.8 Å². The van der Waals surface area contributed by atoms with Crippen molar-refractivity contribution in [3.8, 4) is 0 Å². The third-order valence-corrected chi connectivity index (χ3v) is 14.0. The molecule has 0 radical (unpaired) electrons. The quantitative estimate of drug-likeness (QED) is 0.447. The summed E-state index contributed by atoms with van der Waals surface area (Å²) in [6.45, 7) is 2.98. The molecule has 2 aromatic carbocycles. The van der Waals surface area contributed by atoms with E-state index in [-0.39, 0.29) is 64.3 Å². The van der Waals surface area contributed by atoms with Gasteiger partial charge in [0.05, 0.1) is 5.54 Å². The lowest BCUT2D eigenvalue weighted by Crippen LogP contribution is -2.48. The smallest absolute Gasteiger partial charge is 0.410 e. The van der Waals surface area contributed by atoms with Crippen molar-refractivity contribution in [2.75, 3.05) is 40.3 Å². The van der Waals surface area contributed by atoms with E-state index in [1.807, 2.05) is 79.7 Å². The minimum absolute atomic E-state index is 0.0368. The summed E-state index contributed by atoms with van der Waals surface area (Å²) in [5.74, 6) is 0.643. The van der Waals surface area contributed by atoms with Crippen molar-refractivity contribution in [3.63, 3.8) is 0 Å². The van der Waals surface area contributed by atoms with Crippen LogP contribution in [0.4, 0.5) is 9.59 Å². The fourth-order valence-electron chi connectivity index (χ4n) is 10.4. The molecule has 4 spiro atoms. The second kappa shape index (κ2) is 15.0. The molecule has 290 valence electrons. The minimum Gasteiger partial charge on any atom is -0.445 e. The molecular formula is C42H55N5O7. The highest BCUT2D eigenvalue weighted by atomic mass is 16.6. The standard InChI is InChI=1S/C21H29N3O3.C21H26N2O4/c1-23-18(25)7-8-21(23)13-17(22)20(15-21)9-11-24(12-10-20)19(26)27-14-16-5-3-2-4-6-16;1-22-18(25)7-8-21(22)13-17(24)20(15-21)9-11-23(12-10-20)19(26)27-14-16-5-3-2-4-6-16/h2-6,17H,7-15,22H2,1H3;2-6H,7-15H2,1H3. The number of ketones is 1. The van der Waals surface area contributed by atoms with Crippen molar-refractivity contribution in [3.05, 3.63) is 71.8 Å². The van der Waals surface area contributed by atoms with Crippen LogP contribution in [0.25, 0.3) is 0 Å². The first-order valence-corrected chi connectivity index (χ1v) is 19.6. The number of nitrogens with zero attached hydrogens (tertiary/aromatic N) is 4. The van der Waals surface area contributed by atoms with E-state index in [1.165, 1.54) is 0 Å². The zero-order chi connectivity index (χ0) is 38.1. The van der Waals surface area contributed by atoms with Crippen LogP contribution in [0.3, 0.4) is 0 Å². The van der Waals surface area contributed by atoms with Gasteiger partial charge in [-0.15, -0.1) is 0 Å². The van der Waals surface area contributed by atoms with E-state index in [2.05, 4.69) is 0 Å². The molecule has 2 aliphatic carbocycles. The number of hydrogen-bond donors (Lipinski definition) is 1. The number of carbonyl (C=O) groups is 5. The van der Waals surface area contributed by atoms with Crippen LogP contribution in [0.15, 0.2) is 60.7 Å². The van der Waals surface area contributed by atoms with E-state index in [1.54, 1.807) is 14.7 Å². The van der Waals surface area contributed by atoms with Gasteiger partial charge in [-0.2, -0.15) is 0 Å². The van der Waals surface area contributed by atoms with E-state index in [0.717, 1.165) is 56.1 Å². The van der Waals surface area contributed by atoms with Gasteiger partial charge in [-0.1, -0.05) is 60.7 Å². The Morgan fingerprint density at radius 3 is 1.59 bits per heavy atom. The Morgan fingerprint density at radius 2 is 1.13 bits per heavy atom. The zero-order valence-electron chi connectivity index (χ0n) is 31.8. The third-order valence-electron chi connectivity index (χ3n) is 14.0. The summed E-state index contributed by atoms with van der Waals surface area (Å²) in [6.07, 6.45) is 8.47. The fraction of sp³-hybridized carbons (Fsp3) is 0.595. The molecule has 0 aromatic heterocycles.